The van der Waals surface area contributed by atoms with Crippen LogP contribution in [0.25, 0.3) is 0 Å². The molecule has 2 aromatic rings. The molecule has 164 valence electrons. The second-order valence-corrected chi connectivity index (χ2v) is 8.00. The molecule has 2 saturated heterocycles. The number of rotatable bonds is 6. The molecule has 0 saturated carbocycles. The molecule has 0 bridgehead atoms. The third-order valence-electron chi connectivity index (χ3n) is 5.98. The third-order valence-corrected chi connectivity index (χ3v) is 5.98. The highest BCUT2D eigenvalue weighted by Gasteiger charge is 2.34. The first-order valence-electron chi connectivity index (χ1n) is 10.9. The molecule has 2 heterocycles. The van der Waals surface area contributed by atoms with Gasteiger partial charge in [-0.2, -0.15) is 0 Å². The zero-order valence-corrected chi connectivity index (χ0v) is 17.6. The lowest BCUT2D eigenvalue weighted by Crippen LogP contribution is -2.53. The first-order valence-corrected chi connectivity index (χ1v) is 10.9. The molecule has 1 atom stereocenters. The molecule has 2 fully saturated rings. The van der Waals surface area contributed by atoms with Crippen LogP contribution < -0.4 is 4.74 Å². The van der Waals surface area contributed by atoms with Gasteiger partial charge in [-0.15, -0.1) is 0 Å². The Hall–Kier alpha value is -2.93. The molecule has 2 aromatic carbocycles. The van der Waals surface area contributed by atoms with Gasteiger partial charge in [0.1, 0.15) is 17.6 Å². The Labute approximate surface area is 182 Å². The summed E-state index contributed by atoms with van der Waals surface area (Å²) < 4.78 is 18.5. The van der Waals surface area contributed by atoms with Gasteiger partial charge in [0.25, 0.3) is 5.91 Å². The van der Waals surface area contributed by atoms with Gasteiger partial charge in [0.15, 0.2) is 6.61 Å². The average Bonchev–Trinajstić information content (AvgIpc) is 3.35. The zero-order valence-electron chi connectivity index (χ0n) is 17.6. The smallest absolute Gasteiger partial charge is 0.260 e. The van der Waals surface area contributed by atoms with Gasteiger partial charge in [-0.05, 0) is 42.7 Å². The molecule has 4 rings (SSSR count). The van der Waals surface area contributed by atoms with E-state index < -0.39 is 0 Å². The van der Waals surface area contributed by atoms with E-state index >= 15 is 0 Å². The summed E-state index contributed by atoms with van der Waals surface area (Å²) in [5.41, 5.74) is 0.999. The lowest BCUT2D eigenvalue weighted by molar-refractivity contribution is -0.139. The van der Waals surface area contributed by atoms with E-state index in [0.29, 0.717) is 31.9 Å². The number of piperazine rings is 1. The van der Waals surface area contributed by atoms with Crippen molar-refractivity contribution >= 4 is 11.8 Å². The van der Waals surface area contributed by atoms with Crippen molar-refractivity contribution in [1.29, 1.82) is 0 Å². The van der Waals surface area contributed by atoms with Crippen LogP contribution in [0.3, 0.4) is 0 Å². The minimum Gasteiger partial charge on any atom is -0.484 e. The number of likely N-dealkylation sites (tertiary alicyclic amines) is 1. The fraction of sp³-hybridized carbons (Fsp3) is 0.417. The average molecular weight is 426 g/mol. The maximum Gasteiger partial charge on any atom is 0.260 e. The van der Waals surface area contributed by atoms with Crippen molar-refractivity contribution in [2.45, 2.75) is 18.9 Å². The molecule has 1 unspecified atom stereocenters. The van der Waals surface area contributed by atoms with E-state index in [1.165, 1.54) is 24.3 Å². The van der Waals surface area contributed by atoms with Crippen molar-refractivity contribution in [2.24, 2.45) is 0 Å². The Morgan fingerprint density at radius 1 is 0.839 bits per heavy atom. The predicted octanol–water partition coefficient (Wildman–Crippen LogP) is 2.71. The second kappa shape index (κ2) is 9.92. The quantitative estimate of drug-likeness (QED) is 0.714. The third kappa shape index (κ3) is 5.22. The van der Waals surface area contributed by atoms with Crippen LogP contribution in [-0.4, -0.2) is 72.4 Å². The minimum atomic E-state index is -0.341. The molecular weight excluding hydrogens is 397 g/mol. The number of amides is 2. The molecule has 7 heteroatoms. The molecular formula is C24H28FN3O3. The number of nitrogens with zero attached hydrogens (tertiary/aromatic N) is 3. The largest absolute Gasteiger partial charge is 0.484 e. The summed E-state index contributed by atoms with van der Waals surface area (Å²) in [5, 5.41) is 0. The Bertz CT molecular complexity index is 877. The Morgan fingerprint density at radius 3 is 2.13 bits per heavy atom. The first kappa shape index (κ1) is 21.3. The first-order chi connectivity index (χ1) is 15.1. The van der Waals surface area contributed by atoms with Gasteiger partial charge in [-0.3, -0.25) is 14.5 Å². The van der Waals surface area contributed by atoms with Crippen LogP contribution in [0, 0.1) is 5.82 Å². The van der Waals surface area contributed by atoms with Crippen molar-refractivity contribution in [3.63, 3.8) is 0 Å². The molecule has 2 aliphatic heterocycles. The molecule has 0 radical (unpaired) electrons. The lowest BCUT2D eigenvalue weighted by atomic mass is 10.0. The van der Waals surface area contributed by atoms with Crippen molar-refractivity contribution in [2.75, 3.05) is 45.9 Å². The molecule has 6 nitrogen and oxygen atoms in total. The van der Waals surface area contributed by atoms with Crippen LogP contribution in [0.2, 0.25) is 0 Å². The van der Waals surface area contributed by atoms with E-state index in [0.717, 1.165) is 31.5 Å². The highest BCUT2D eigenvalue weighted by molar-refractivity contribution is 5.83. The second-order valence-electron chi connectivity index (χ2n) is 8.00. The van der Waals surface area contributed by atoms with Gasteiger partial charge >= 0.3 is 0 Å². The summed E-state index contributed by atoms with van der Waals surface area (Å²) in [6.45, 7) is 3.90. The van der Waals surface area contributed by atoms with E-state index in [9.17, 15) is 14.0 Å². The van der Waals surface area contributed by atoms with E-state index in [1.807, 2.05) is 35.2 Å². The summed E-state index contributed by atoms with van der Waals surface area (Å²) in [6.07, 6.45) is 2.12. The van der Waals surface area contributed by atoms with Crippen LogP contribution in [0.5, 0.6) is 5.75 Å². The summed E-state index contributed by atoms with van der Waals surface area (Å²) in [6, 6.07) is 15.2. The van der Waals surface area contributed by atoms with E-state index in [4.69, 9.17) is 4.74 Å². The summed E-state index contributed by atoms with van der Waals surface area (Å²) in [4.78, 5) is 31.8. The van der Waals surface area contributed by atoms with E-state index in [-0.39, 0.29) is 30.3 Å². The molecule has 2 amide bonds. The van der Waals surface area contributed by atoms with Crippen molar-refractivity contribution in [3.05, 3.63) is 66.0 Å². The molecule has 0 N–H and O–H groups in total. The van der Waals surface area contributed by atoms with Gasteiger partial charge in [0.05, 0.1) is 0 Å². The SMILES string of the molecule is O=C(COc1ccc(F)cc1)N1CCN(C(C(=O)N2CCCC2)c2ccccc2)CC1. The number of halogens is 1. The number of ether oxygens (including phenoxy) is 1. The standard InChI is InChI=1S/C24H28FN3O3/c25-20-8-10-21(11-9-20)31-18-22(29)26-14-16-27(17-15-26)23(19-6-2-1-3-7-19)24(30)28-12-4-5-13-28/h1-3,6-11,23H,4-5,12-18H2. The zero-order chi connectivity index (χ0) is 21.6. The van der Waals surface area contributed by atoms with Gasteiger partial charge in [0, 0.05) is 39.3 Å². The van der Waals surface area contributed by atoms with Crippen molar-refractivity contribution in [1.82, 2.24) is 14.7 Å². The summed E-state index contributed by atoms with van der Waals surface area (Å²) in [7, 11) is 0. The Balaban J connectivity index is 1.36. The summed E-state index contributed by atoms with van der Waals surface area (Å²) >= 11 is 0. The fourth-order valence-corrected chi connectivity index (χ4v) is 4.25. The molecule has 0 aliphatic carbocycles. The monoisotopic (exact) mass is 425 g/mol. The van der Waals surface area contributed by atoms with E-state index in [1.54, 1.807) is 4.90 Å². The number of carbonyl (C=O) groups excluding carboxylic acids is 2. The van der Waals surface area contributed by atoms with Crippen molar-refractivity contribution < 1.29 is 18.7 Å². The van der Waals surface area contributed by atoms with Gasteiger partial charge < -0.3 is 14.5 Å². The number of carbonyl (C=O) groups is 2. The number of benzene rings is 2. The van der Waals surface area contributed by atoms with Gasteiger partial charge in [-0.25, -0.2) is 4.39 Å². The minimum absolute atomic E-state index is 0.0829. The molecule has 0 spiro atoms. The van der Waals surface area contributed by atoms with Crippen LogP contribution >= 0.6 is 0 Å². The van der Waals surface area contributed by atoms with Gasteiger partial charge in [0.2, 0.25) is 5.91 Å². The maximum absolute atomic E-state index is 13.3. The predicted molar refractivity (Wildman–Crippen MR) is 115 cm³/mol. The maximum atomic E-state index is 13.3. The number of hydrogen-bond donors (Lipinski definition) is 0. The topological polar surface area (TPSA) is 53.1 Å². The fourth-order valence-electron chi connectivity index (χ4n) is 4.25. The molecule has 0 aromatic heterocycles. The Morgan fingerprint density at radius 2 is 1.48 bits per heavy atom. The van der Waals surface area contributed by atoms with Crippen LogP contribution in [0.1, 0.15) is 24.4 Å². The normalized spacial score (nSPS) is 18.1. The highest BCUT2D eigenvalue weighted by atomic mass is 19.1. The van der Waals surface area contributed by atoms with Gasteiger partial charge in [-0.1, -0.05) is 30.3 Å². The summed E-state index contributed by atoms with van der Waals surface area (Å²) in [5.74, 6) is 0.175. The lowest BCUT2D eigenvalue weighted by Gasteiger charge is -2.39. The highest BCUT2D eigenvalue weighted by Crippen LogP contribution is 2.26. The molecule has 2 aliphatic rings. The van der Waals surface area contributed by atoms with Crippen LogP contribution in [0.15, 0.2) is 54.6 Å². The van der Waals surface area contributed by atoms with Crippen molar-refractivity contribution in [3.8, 4) is 5.75 Å². The Kier molecular flexibility index (Phi) is 6.82. The molecule has 31 heavy (non-hydrogen) atoms. The number of hydrogen-bond acceptors (Lipinski definition) is 4. The van der Waals surface area contributed by atoms with Crippen LogP contribution in [0.4, 0.5) is 4.39 Å². The van der Waals surface area contributed by atoms with E-state index in [2.05, 4.69) is 4.90 Å². The van der Waals surface area contributed by atoms with Crippen LogP contribution in [-0.2, 0) is 9.59 Å².